The molecule has 0 amide bonds. The molecule has 0 spiro atoms. The van der Waals surface area contributed by atoms with Crippen LogP contribution in [0.4, 0.5) is 11.4 Å². The minimum atomic E-state index is -3.82. The molecule has 0 aliphatic heterocycles. The number of anilines is 1. The highest BCUT2D eigenvalue weighted by atomic mass is 32.2. The lowest BCUT2D eigenvalue weighted by Crippen LogP contribution is -2.33. The van der Waals surface area contributed by atoms with Crippen LogP contribution in [0.15, 0.2) is 48.5 Å². The van der Waals surface area contributed by atoms with Gasteiger partial charge in [-0.3, -0.25) is 10.1 Å². The van der Waals surface area contributed by atoms with E-state index in [9.17, 15) is 18.5 Å². The normalized spacial score (nSPS) is 10.9. The molecule has 0 radical (unpaired) electrons. The molecule has 0 unspecified atom stereocenters. The summed E-state index contributed by atoms with van der Waals surface area (Å²) in [6.07, 6.45) is 0.940. The maximum Gasteiger partial charge on any atom is 0.318 e. The van der Waals surface area contributed by atoms with Crippen LogP contribution in [0.2, 0.25) is 0 Å². The van der Waals surface area contributed by atoms with Crippen molar-refractivity contribution in [2.75, 3.05) is 17.8 Å². The third kappa shape index (κ3) is 3.89. The zero-order valence-corrected chi connectivity index (χ0v) is 13.2. The molecular weight excluding hydrogens is 324 g/mol. The maximum atomic E-state index is 11.9. The van der Waals surface area contributed by atoms with Crippen LogP contribution >= 0.6 is 0 Å². The summed E-state index contributed by atoms with van der Waals surface area (Å²) in [6, 6.07) is 11.8. The molecule has 0 aliphatic rings. The fourth-order valence-corrected chi connectivity index (χ4v) is 2.52. The van der Waals surface area contributed by atoms with Gasteiger partial charge in [0.15, 0.2) is 0 Å². The van der Waals surface area contributed by atoms with E-state index in [0.717, 1.165) is 12.3 Å². The van der Waals surface area contributed by atoms with Crippen molar-refractivity contribution in [3.63, 3.8) is 0 Å². The first-order valence-corrected chi connectivity index (χ1v) is 8.23. The predicted molar refractivity (Wildman–Crippen MR) is 84.0 cm³/mol. The van der Waals surface area contributed by atoms with Crippen molar-refractivity contribution in [2.24, 2.45) is 0 Å². The number of nitrogens with zero attached hydrogens (tertiary/aromatic N) is 2. The summed E-state index contributed by atoms with van der Waals surface area (Å²) in [5.41, 5.74) is -0.186. The molecule has 2 rings (SSSR count). The zero-order valence-electron chi connectivity index (χ0n) is 12.4. The van der Waals surface area contributed by atoms with Crippen LogP contribution in [0.25, 0.3) is 0 Å². The molecule has 0 saturated carbocycles. The van der Waals surface area contributed by atoms with Crippen LogP contribution in [0.1, 0.15) is 0 Å². The summed E-state index contributed by atoms with van der Waals surface area (Å²) in [5, 5.41) is 11.2. The van der Waals surface area contributed by atoms with E-state index in [1.54, 1.807) is 18.2 Å². The summed E-state index contributed by atoms with van der Waals surface area (Å²) in [6.45, 7) is 0. The third-order valence-corrected chi connectivity index (χ3v) is 3.70. The second-order valence-corrected chi connectivity index (χ2v) is 6.31. The van der Waals surface area contributed by atoms with E-state index in [1.807, 2.05) is 0 Å². The van der Waals surface area contributed by atoms with Crippen molar-refractivity contribution in [3.8, 4) is 11.5 Å². The van der Waals surface area contributed by atoms with E-state index in [-0.39, 0.29) is 17.2 Å². The number of nitro groups is 1. The molecule has 2 aromatic carbocycles. The second-order valence-electron chi connectivity index (χ2n) is 4.51. The van der Waals surface area contributed by atoms with Gasteiger partial charge in [0, 0.05) is 0 Å². The van der Waals surface area contributed by atoms with E-state index in [0.29, 0.717) is 4.47 Å². The highest BCUT2D eigenvalue weighted by Gasteiger charge is 2.25. The maximum absolute atomic E-state index is 11.9. The third-order valence-electron chi connectivity index (χ3n) is 2.81. The molecule has 8 nitrogen and oxygen atoms in total. The minimum absolute atomic E-state index is 0.218. The lowest BCUT2D eigenvalue weighted by molar-refractivity contribution is -0.385. The number of nitro benzene ring substituents is 1. The first-order chi connectivity index (χ1) is 10.8. The average Bonchev–Trinajstić information content (AvgIpc) is 2.52. The first kappa shape index (κ1) is 16.6. The van der Waals surface area contributed by atoms with Crippen LogP contribution < -0.4 is 14.0 Å². The fourth-order valence-electron chi connectivity index (χ4n) is 1.79. The topological polar surface area (TPSA) is 99.0 Å². The van der Waals surface area contributed by atoms with Gasteiger partial charge in [0.2, 0.25) is 5.75 Å². The van der Waals surface area contributed by atoms with Gasteiger partial charge in [-0.1, -0.05) is 22.7 Å². The molecule has 0 aliphatic carbocycles. The number of ether oxygens (including phenoxy) is 1. The number of rotatable bonds is 6. The molecule has 0 N–H and O–H groups in total. The number of methoxy groups -OCH3 is 1. The summed E-state index contributed by atoms with van der Waals surface area (Å²) >= 11 is 0. The van der Waals surface area contributed by atoms with Crippen LogP contribution in [-0.2, 0) is 10.0 Å². The lowest BCUT2D eigenvalue weighted by Gasteiger charge is -2.21. The number of benzene rings is 2. The van der Waals surface area contributed by atoms with Crippen LogP contribution in [0.5, 0.6) is 11.5 Å². The smallest absolute Gasteiger partial charge is 0.318 e. The fraction of sp³-hybridized carbons (Fsp3) is 0.143. The zero-order chi connectivity index (χ0) is 17.0. The van der Waals surface area contributed by atoms with Crippen molar-refractivity contribution < 1.29 is 22.9 Å². The number of hydrogen-bond acceptors (Lipinski definition) is 6. The molecule has 0 bridgehead atoms. The SMILES string of the molecule is COc1ccc(ON(c2ccccc2)S(C)(=O)=O)c([N+](=O)[O-])c1. The molecule has 0 aromatic heterocycles. The Labute approximate surface area is 133 Å². The van der Waals surface area contributed by atoms with Crippen LogP contribution in [0, 0.1) is 10.1 Å². The lowest BCUT2D eigenvalue weighted by atomic mass is 10.3. The molecule has 0 fully saturated rings. The van der Waals surface area contributed by atoms with Crippen molar-refractivity contribution in [3.05, 3.63) is 58.6 Å². The molecule has 2 aromatic rings. The highest BCUT2D eigenvalue weighted by Crippen LogP contribution is 2.33. The molecule has 23 heavy (non-hydrogen) atoms. The van der Waals surface area contributed by atoms with Crippen molar-refractivity contribution in [1.82, 2.24) is 0 Å². The standard InChI is InChI=1S/C14H14N2O6S/c1-21-12-8-9-14(13(10-12)15(17)18)22-16(23(2,19)20)11-6-4-3-5-7-11/h3-10H,1-2H3. The quantitative estimate of drug-likeness (QED) is 0.592. The van der Waals surface area contributed by atoms with Crippen molar-refractivity contribution >= 4 is 21.4 Å². The summed E-state index contributed by atoms with van der Waals surface area (Å²) in [7, 11) is -2.45. The first-order valence-electron chi connectivity index (χ1n) is 6.38. The molecule has 122 valence electrons. The largest absolute Gasteiger partial charge is 0.496 e. The van der Waals surface area contributed by atoms with Crippen LogP contribution in [-0.4, -0.2) is 26.7 Å². The molecular formula is C14H14N2O6S. The van der Waals surface area contributed by atoms with E-state index >= 15 is 0 Å². The van der Waals surface area contributed by atoms with Gasteiger partial charge in [-0.2, -0.15) is 0 Å². The summed E-state index contributed by atoms with van der Waals surface area (Å²) in [5.74, 6) is 0.0414. The Morgan fingerprint density at radius 3 is 2.30 bits per heavy atom. The van der Waals surface area contributed by atoms with E-state index in [1.165, 1.54) is 31.4 Å². The summed E-state index contributed by atoms with van der Waals surface area (Å²) in [4.78, 5) is 15.8. The van der Waals surface area contributed by atoms with Gasteiger partial charge in [-0.15, -0.1) is 0 Å². The van der Waals surface area contributed by atoms with E-state index < -0.39 is 20.6 Å². The van der Waals surface area contributed by atoms with Gasteiger partial charge in [-0.05, 0) is 24.3 Å². The van der Waals surface area contributed by atoms with Gasteiger partial charge in [0.05, 0.1) is 30.0 Å². The van der Waals surface area contributed by atoms with Crippen molar-refractivity contribution in [1.29, 1.82) is 0 Å². The highest BCUT2D eigenvalue weighted by molar-refractivity contribution is 7.91. The monoisotopic (exact) mass is 338 g/mol. The van der Waals surface area contributed by atoms with Gasteiger partial charge in [0.1, 0.15) is 5.75 Å². The van der Waals surface area contributed by atoms with Crippen molar-refractivity contribution in [2.45, 2.75) is 0 Å². The number of hydrogen-bond donors (Lipinski definition) is 0. The summed E-state index contributed by atoms with van der Waals surface area (Å²) < 4.78 is 29.4. The molecule has 0 saturated heterocycles. The average molecular weight is 338 g/mol. The van der Waals surface area contributed by atoms with Crippen LogP contribution in [0.3, 0.4) is 0 Å². The van der Waals surface area contributed by atoms with E-state index in [2.05, 4.69) is 0 Å². The number of sulfonamides is 1. The number of para-hydroxylation sites is 1. The van der Waals surface area contributed by atoms with Gasteiger partial charge in [0.25, 0.3) is 10.0 Å². The Morgan fingerprint density at radius 2 is 1.78 bits per heavy atom. The molecule has 9 heteroatoms. The Balaban J connectivity index is 2.47. The second kappa shape index (κ2) is 6.53. The van der Waals surface area contributed by atoms with E-state index in [4.69, 9.17) is 9.57 Å². The van der Waals surface area contributed by atoms with Gasteiger partial charge in [-0.25, -0.2) is 8.42 Å². The molecule has 0 heterocycles. The Hall–Kier alpha value is -2.81. The van der Waals surface area contributed by atoms with Gasteiger partial charge >= 0.3 is 5.69 Å². The Bertz CT molecular complexity index is 807. The predicted octanol–water partition coefficient (Wildman–Crippen LogP) is 2.36. The Morgan fingerprint density at radius 1 is 1.13 bits per heavy atom. The minimum Gasteiger partial charge on any atom is -0.496 e. The molecule has 0 atom stereocenters. The Kier molecular flexibility index (Phi) is 4.70. The van der Waals surface area contributed by atoms with Gasteiger partial charge < -0.3 is 9.57 Å².